The van der Waals surface area contributed by atoms with Gasteiger partial charge in [0.05, 0.1) is 15.4 Å². The summed E-state index contributed by atoms with van der Waals surface area (Å²) in [5.74, 6) is 1.46. The molecule has 0 radical (unpaired) electrons. The fraction of sp³-hybridized carbons (Fsp3) is 0.118. The molecule has 0 unspecified atom stereocenters. The maximum absolute atomic E-state index is 14.2. The average molecular weight is 386 g/mol. The topological polar surface area (TPSA) is 46.3 Å². The van der Waals surface area contributed by atoms with Gasteiger partial charge in [0.25, 0.3) is 5.78 Å². The SMILES string of the molecule is Cc1nnc2nc(N(C)c3ccccc3)c3c(Br)c(F)ccc3n12. The molecule has 120 valence electrons. The zero-order chi connectivity index (χ0) is 16.8. The molecule has 5 nitrogen and oxygen atoms in total. The van der Waals surface area contributed by atoms with Crippen molar-refractivity contribution in [3.05, 3.63) is 58.6 Å². The average Bonchev–Trinajstić information content (AvgIpc) is 2.98. The first-order valence-corrected chi connectivity index (χ1v) is 8.15. The fourth-order valence-electron chi connectivity index (χ4n) is 2.81. The Morgan fingerprint density at radius 1 is 1.08 bits per heavy atom. The van der Waals surface area contributed by atoms with Crippen molar-refractivity contribution in [2.24, 2.45) is 0 Å². The number of anilines is 2. The summed E-state index contributed by atoms with van der Waals surface area (Å²) in [5.41, 5.74) is 1.75. The Bertz CT molecular complexity index is 1060. The summed E-state index contributed by atoms with van der Waals surface area (Å²) in [6.07, 6.45) is 0. The Hall–Kier alpha value is -2.54. The second-order valence-electron chi connectivity index (χ2n) is 5.47. The molecule has 0 spiro atoms. The molecule has 0 N–H and O–H groups in total. The van der Waals surface area contributed by atoms with E-state index in [1.807, 2.05) is 53.6 Å². The van der Waals surface area contributed by atoms with Crippen molar-refractivity contribution in [3.8, 4) is 0 Å². The molecular weight excluding hydrogens is 373 g/mol. The molecule has 0 bridgehead atoms. The minimum Gasteiger partial charge on any atom is -0.329 e. The van der Waals surface area contributed by atoms with Crippen LogP contribution in [0.4, 0.5) is 15.9 Å². The van der Waals surface area contributed by atoms with Gasteiger partial charge in [-0.1, -0.05) is 18.2 Å². The van der Waals surface area contributed by atoms with Crippen LogP contribution in [0.1, 0.15) is 5.82 Å². The van der Waals surface area contributed by atoms with Crippen molar-refractivity contribution >= 4 is 44.1 Å². The molecule has 2 aromatic heterocycles. The Morgan fingerprint density at radius 3 is 2.58 bits per heavy atom. The molecule has 4 aromatic rings. The van der Waals surface area contributed by atoms with E-state index in [-0.39, 0.29) is 5.82 Å². The van der Waals surface area contributed by atoms with Gasteiger partial charge in [-0.25, -0.2) is 4.39 Å². The van der Waals surface area contributed by atoms with E-state index in [1.54, 1.807) is 6.07 Å². The van der Waals surface area contributed by atoms with E-state index >= 15 is 0 Å². The van der Waals surface area contributed by atoms with E-state index in [2.05, 4.69) is 31.1 Å². The van der Waals surface area contributed by atoms with Gasteiger partial charge in [-0.15, -0.1) is 10.2 Å². The first-order valence-electron chi connectivity index (χ1n) is 7.36. The number of halogens is 2. The van der Waals surface area contributed by atoms with Gasteiger partial charge in [0.2, 0.25) is 0 Å². The van der Waals surface area contributed by atoms with E-state index in [0.29, 0.717) is 27.3 Å². The number of hydrogen-bond acceptors (Lipinski definition) is 4. The third-order valence-corrected chi connectivity index (χ3v) is 4.79. The Labute approximate surface area is 145 Å². The minimum atomic E-state index is -0.336. The molecule has 2 heterocycles. The van der Waals surface area contributed by atoms with E-state index in [0.717, 1.165) is 11.2 Å². The number of benzene rings is 2. The maximum Gasteiger partial charge on any atom is 0.257 e. The number of aromatic nitrogens is 4. The Balaban J connectivity index is 2.12. The van der Waals surface area contributed by atoms with Crippen molar-refractivity contribution in [1.82, 2.24) is 19.6 Å². The van der Waals surface area contributed by atoms with Crippen molar-refractivity contribution in [2.45, 2.75) is 6.92 Å². The zero-order valence-electron chi connectivity index (χ0n) is 13.0. The van der Waals surface area contributed by atoms with Gasteiger partial charge in [-0.3, -0.25) is 4.40 Å². The quantitative estimate of drug-likeness (QED) is 0.517. The highest BCUT2D eigenvalue weighted by Crippen LogP contribution is 2.36. The summed E-state index contributed by atoms with van der Waals surface area (Å²) in [6, 6.07) is 12.9. The fourth-order valence-corrected chi connectivity index (χ4v) is 3.32. The van der Waals surface area contributed by atoms with Crippen LogP contribution >= 0.6 is 15.9 Å². The van der Waals surface area contributed by atoms with E-state index < -0.39 is 0 Å². The molecule has 0 aliphatic heterocycles. The van der Waals surface area contributed by atoms with Crippen LogP contribution in [0.2, 0.25) is 0 Å². The van der Waals surface area contributed by atoms with Gasteiger partial charge in [-0.2, -0.15) is 4.98 Å². The van der Waals surface area contributed by atoms with E-state index in [9.17, 15) is 4.39 Å². The number of rotatable bonds is 2. The molecule has 0 saturated carbocycles. The Morgan fingerprint density at radius 2 is 1.83 bits per heavy atom. The second-order valence-corrected chi connectivity index (χ2v) is 6.26. The molecule has 0 amide bonds. The van der Waals surface area contributed by atoms with Crippen LogP contribution in [-0.4, -0.2) is 26.6 Å². The largest absolute Gasteiger partial charge is 0.329 e. The van der Waals surface area contributed by atoms with Gasteiger partial charge in [0.15, 0.2) is 0 Å². The number of hydrogen-bond donors (Lipinski definition) is 0. The summed E-state index contributed by atoms with van der Waals surface area (Å²) < 4.78 is 16.4. The molecule has 4 rings (SSSR count). The highest BCUT2D eigenvalue weighted by molar-refractivity contribution is 9.10. The summed E-state index contributed by atoms with van der Waals surface area (Å²) in [7, 11) is 1.90. The zero-order valence-corrected chi connectivity index (χ0v) is 14.6. The number of fused-ring (bicyclic) bond motifs is 3. The third kappa shape index (κ3) is 2.16. The molecular formula is C17H13BrFN5. The van der Waals surface area contributed by atoms with Gasteiger partial charge in [-0.05, 0) is 47.1 Å². The van der Waals surface area contributed by atoms with Gasteiger partial charge in [0, 0.05) is 12.7 Å². The number of nitrogens with zero attached hydrogens (tertiary/aromatic N) is 5. The van der Waals surface area contributed by atoms with Crippen molar-refractivity contribution < 1.29 is 4.39 Å². The van der Waals surface area contributed by atoms with Crippen molar-refractivity contribution in [2.75, 3.05) is 11.9 Å². The molecule has 0 fully saturated rings. The van der Waals surface area contributed by atoms with Gasteiger partial charge < -0.3 is 4.90 Å². The van der Waals surface area contributed by atoms with Gasteiger partial charge >= 0.3 is 0 Å². The van der Waals surface area contributed by atoms with Crippen LogP contribution in [0.25, 0.3) is 16.7 Å². The van der Waals surface area contributed by atoms with Crippen LogP contribution in [0, 0.1) is 12.7 Å². The first-order chi connectivity index (χ1) is 11.6. The Kier molecular flexibility index (Phi) is 3.45. The van der Waals surface area contributed by atoms with Crippen LogP contribution in [0.3, 0.4) is 0 Å². The predicted octanol–water partition coefficient (Wildman–Crippen LogP) is 4.26. The first kappa shape index (κ1) is 15.0. The predicted molar refractivity (Wildman–Crippen MR) is 95.2 cm³/mol. The monoisotopic (exact) mass is 385 g/mol. The molecule has 0 atom stereocenters. The lowest BCUT2D eigenvalue weighted by Crippen LogP contribution is -2.13. The maximum atomic E-state index is 14.2. The molecule has 2 aromatic carbocycles. The number of para-hydroxylation sites is 1. The second kappa shape index (κ2) is 5.52. The lowest BCUT2D eigenvalue weighted by molar-refractivity contribution is 0.623. The van der Waals surface area contributed by atoms with E-state index in [4.69, 9.17) is 0 Å². The number of aryl methyl sites for hydroxylation is 1. The molecule has 24 heavy (non-hydrogen) atoms. The normalized spacial score (nSPS) is 11.3. The van der Waals surface area contributed by atoms with Crippen LogP contribution in [0.5, 0.6) is 0 Å². The standard InChI is InChI=1S/C17H13BrFN5/c1-10-21-22-17-20-16(23(2)11-6-4-3-5-7-11)14-13(24(10)17)9-8-12(19)15(14)18/h3-9H,1-2H3. The van der Waals surface area contributed by atoms with Crippen LogP contribution < -0.4 is 4.90 Å². The third-order valence-electron chi connectivity index (χ3n) is 4.01. The lowest BCUT2D eigenvalue weighted by atomic mass is 10.2. The molecule has 0 saturated heterocycles. The minimum absolute atomic E-state index is 0.336. The van der Waals surface area contributed by atoms with Gasteiger partial charge in [0.1, 0.15) is 17.5 Å². The summed E-state index contributed by atoms with van der Waals surface area (Å²) in [6.45, 7) is 1.85. The highest BCUT2D eigenvalue weighted by Gasteiger charge is 2.19. The van der Waals surface area contributed by atoms with Crippen LogP contribution in [-0.2, 0) is 0 Å². The molecule has 0 aliphatic rings. The molecule has 7 heteroatoms. The van der Waals surface area contributed by atoms with Crippen LogP contribution in [0.15, 0.2) is 46.9 Å². The summed E-state index contributed by atoms with van der Waals surface area (Å²) in [4.78, 5) is 6.53. The summed E-state index contributed by atoms with van der Waals surface area (Å²) in [5, 5.41) is 8.89. The van der Waals surface area contributed by atoms with E-state index in [1.165, 1.54) is 6.07 Å². The van der Waals surface area contributed by atoms with Crippen molar-refractivity contribution in [1.29, 1.82) is 0 Å². The van der Waals surface area contributed by atoms with Crippen molar-refractivity contribution in [3.63, 3.8) is 0 Å². The lowest BCUT2D eigenvalue weighted by Gasteiger charge is -2.21. The highest BCUT2D eigenvalue weighted by atomic mass is 79.9. The smallest absolute Gasteiger partial charge is 0.257 e. The summed E-state index contributed by atoms with van der Waals surface area (Å²) >= 11 is 3.38. The molecule has 0 aliphatic carbocycles.